The molecule has 1 atom stereocenters. The molecule has 2 aromatic rings. The largest absolute Gasteiger partial charge is 0.497 e. The molecule has 0 aliphatic heterocycles. The molecule has 1 heterocycles. The van der Waals surface area contributed by atoms with Gasteiger partial charge in [-0.3, -0.25) is 4.79 Å². The quantitative estimate of drug-likeness (QED) is 0.857. The van der Waals surface area contributed by atoms with Crippen molar-refractivity contribution in [2.75, 3.05) is 12.4 Å². The number of nitrogens with zero attached hydrogens (tertiary/aromatic N) is 2. The fourth-order valence-corrected chi connectivity index (χ4v) is 1.94. The van der Waals surface area contributed by atoms with Gasteiger partial charge < -0.3 is 15.4 Å². The van der Waals surface area contributed by atoms with Crippen molar-refractivity contribution in [3.05, 3.63) is 41.7 Å². The lowest BCUT2D eigenvalue weighted by Gasteiger charge is -2.12. The van der Waals surface area contributed by atoms with Gasteiger partial charge in [-0.15, -0.1) is 0 Å². The van der Waals surface area contributed by atoms with E-state index in [0.717, 1.165) is 23.6 Å². The number of hydrogen-bond donors (Lipinski definition) is 2. The lowest BCUT2D eigenvalue weighted by atomic mass is 10.2. The van der Waals surface area contributed by atoms with Crippen molar-refractivity contribution in [3.63, 3.8) is 0 Å². The molecular weight excluding hydrogens is 292 g/mol. The standard InChI is InChI=1S/C17H22N4O2/c1-5-11(2)18-16(22)15-10-12(3)19-17(21-15)20-13-6-8-14(23-4)9-7-13/h6-11H,5H2,1-4H3,(H,18,22)(H,19,20,21). The van der Waals surface area contributed by atoms with Crippen LogP contribution in [0.1, 0.15) is 36.5 Å². The Morgan fingerprint density at radius 1 is 1.26 bits per heavy atom. The zero-order valence-corrected chi connectivity index (χ0v) is 13.9. The van der Waals surface area contributed by atoms with Crippen LogP contribution in [0.5, 0.6) is 5.75 Å². The summed E-state index contributed by atoms with van der Waals surface area (Å²) in [6.45, 7) is 5.82. The molecule has 1 unspecified atom stereocenters. The summed E-state index contributed by atoms with van der Waals surface area (Å²) in [7, 11) is 1.62. The van der Waals surface area contributed by atoms with Crippen LogP contribution in [0.15, 0.2) is 30.3 Å². The number of carbonyl (C=O) groups is 1. The normalized spacial score (nSPS) is 11.7. The zero-order chi connectivity index (χ0) is 16.8. The highest BCUT2D eigenvalue weighted by Crippen LogP contribution is 2.18. The Kier molecular flexibility index (Phi) is 5.51. The van der Waals surface area contributed by atoms with E-state index in [9.17, 15) is 4.79 Å². The molecule has 23 heavy (non-hydrogen) atoms. The van der Waals surface area contributed by atoms with Gasteiger partial charge in [0.2, 0.25) is 5.95 Å². The fraction of sp³-hybridized carbons (Fsp3) is 0.353. The fourth-order valence-electron chi connectivity index (χ4n) is 1.94. The van der Waals surface area contributed by atoms with Crippen molar-refractivity contribution in [2.45, 2.75) is 33.2 Å². The predicted octanol–water partition coefficient (Wildman–Crippen LogP) is 3.07. The van der Waals surface area contributed by atoms with Crippen LogP contribution in [0.3, 0.4) is 0 Å². The minimum absolute atomic E-state index is 0.107. The summed E-state index contributed by atoms with van der Waals surface area (Å²) in [6, 6.07) is 9.20. The minimum Gasteiger partial charge on any atom is -0.497 e. The number of carbonyl (C=O) groups excluding carboxylic acids is 1. The first kappa shape index (κ1) is 16.7. The number of benzene rings is 1. The van der Waals surface area contributed by atoms with E-state index in [4.69, 9.17) is 4.74 Å². The van der Waals surface area contributed by atoms with Crippen molar-refractivity contribution in [3.8, 4) is 5.75 Å². The number of anilines is 2. The Balaban J connectivity index is 2.17. The van der Waals surface area contributed by atoms with Crippen LogP contribution in [-0.4, -0.2) is 29.0 Å². The third kappa shape index (κ3) is 4.67. The summed E-state index contributed by atoms with van der Waals surface area (Å²) in [5.74, 6) is 0.974. The molecule has 2 rings (SSSR count). The average molecular weight is 314 g/mol. The SMILES string of the molecule is CCC(C)NC(=O)c1cc(C)nc(Nc2ccc(OC)cc2)n1. The molecule has 1 aromatic heterocycles. The van der Waals surface area contributed by atoms with E-state index in [1.165, 1.54) is 0 Å². The number of methoxy groups -OCH3 is 1. The van der Waals surface area contributed by atoms with Crippen LogP contribution in [0.4, 0.5) is 11.6 Å². The number of ether oxygens (including phenoxy) is 1. The summed E-state index contributed by atoms with van der Waals surface area (Å²) in [4.78, 5) is 20.8. The highest BCUT2D eigenvalue weighted by Gasteiger charge is 2.12. The molecule has 0 fully saturated rings. The zero-order valence-electron chi connectivity index (χ0n) is 13.9. The molecule has 0 saturated heterocycles. The van der Waals surface area contributed by atoms with Crippen LogP contribution >= 0.6 is 0 Å². The van der Waals surface area contributed by atoms with E-state index in [1.54, 1.807) is 13.2 Å². The van der Waals surface area contributed by atoms with Crippen LogP contribution in [0.2, 0.25) is 0 Å². The van der Waals surface area contributed by atoms with E-state index in [1.807, 2.05) is 45.0 Å². The van der Waals surface area contributed by atoms with Crippen LogP contribution in [0.25, 0.3) is 0 Å². The predicted molar refractivity (Wildman–Crippen MR) is 90.3 cm³/mol. The number of amides is 1. The summed E-state index contributed by atoms with van der Waals surface area (Å²) < 4.78 is 5.12. The molecule has 1 amide bonds. The summed E-state index contributed by atoms with van der Waals surface area (Å²) in [6.07, 6.45) is 0.868. The highest BCUT2D eigenvalue weighted by atomic mass is 16.5. The Bertz CT molecular complexity index is 671. The maximum atomic E-state index is 12.2. The smallest absolute Gasteiger partial charge is 0.270 e. The highest BCUT2D eigenvalue weighted by molar-refractivity contribution is 5.92. The van der Waals surface area contributed by atoms with Gasteiger partial charge in [0.1, 0.15) is 11.4 Å². The molecule has 1 aromatic carbocycles. The Labute approximate surface area is 136 Å². The second-order valence-corrected chi connectivity index (χ2v) is 5.35. The molecule has 0 radical (unpaired) electrons. The minimum atomic E-state index is -0.192. The van der Waals surface area contributed by atoms with Crippen LogP contribution < -0.4 is 15.4 Å². The van der Waals surface area contributed by atoms with E-state index in [2.05, 4.69) is 20.6 Å². The first-order chi connectivity index (χ1) is 11.0. The molecule has 2 N–H and O–H groups in total. The van der Waals surface area contributed by atoms with Gasteiger partial charge in [-0.25, -0.2) is 9.97 Å². The summed E-state index contributed by atoms with van der Waals surface area (Å²) in [5.41, 5.74) is 1.91. The Hall–Kier alpha value is -2.63. The van der Waals surface area contributed by atoms with Gasteiger partial charge in [0.25, 0.3) is 5.91 Å². The molecule has 0 bridgehead atoms. The number of aryl methyl sites for hydroxylation is 1. The van der Waals surface area contributed by atoms with Crippen molar-refractivity contribution < 1.29 is 9.53 Å². The average Bonchev–Trinajstić information content (AvgIpc) is 2.54. The molecular formula is C17H22N4O2. The van der Waals surface area contributed by atoms with Gasteiger partial charge >= 0.3 is 0 Å². The molecule has 0 saturated carbocycles. The Morgan fingerprint density at radius 3 is 2.57 bits per heavy atom. The van der Waals surface area contributed by atoms with Gasteiger partial charge in [-0.1, -0.05) is 6.92 Å². The van der Waals surface area contributed by atoms with Gasteiger partial charge in [0, 0.05) is 17.4 Å². The second kappa shape index (κ2) is 7.58. The summed E-state index contributed by atoms with van der Waals surface area (Å²) >= 11 is 0. The molecule has 6 nitrogen and oxygen atoms in total. The van der Waals surface area contributed by atoms with E-state index in [0.29, 0.717) is 11.6 Å². The molecule has 0 aliphatic rings. The molecule has 0 spiro atoms. The van der Waals surface area contributed by atoms with Crippen LogP contribution in [-0.2, 0) is 0 Å². The van der Waals surface area contributed by atoms with Crippen molar-refractivity contribution in [1.82, 2.24) is 15.3 Å². The molecule has 6 heteroatoms. The van der Waals surface area contributed by atoms with E-state index >= 15 is 0 Å². The first-order valence-corrected chi connectivity index (χ1v) is 7.59. The van der Waals surface area contributed by atoms with E-state index < -0.39 is 0 Å². The molecule has 122 valence electrons. The van der Waals surface area contributed by atoms with Gasteiger partial charge in [-0.05, 0) is 50.6 Å². The monoisotopic (exact) mass is 314 g/mol. The number of nitrogens with one attached hydrogen (secondary N) is 2. The van der Waals surface area contributed by atoms with Crippen molar-refractivity contribution >= 4 is 17.5 Å². The van der Waals surface area contributed by atoms with Gasteiger partial charge in [-0.2, -0.15) is 0 Å². The lowest BCUT2D eigenvalue weighted by molar-refractivity contribution is 0.0934. The van der Waals surface area contributed by atoms with Crippen molar-refractivity contribution in [1.29, 1.82) is 0 Å². The van der Waals surface area contributed by atoms with Crippen LogP contribution in [0, 0.1) is 6.92 Å². The number of rotatable bonds is 6. The maximum absolute atomic E-state index is 12.2. The topological polar surface area (TPSA) is 76.1 Å². The third-order valence-corrected chi connectivity index (χ3v) is 3.42. The number of hydrogen-bond acceptors (Lipinski definition) is 5. The second-order valence-electron chi connectivity index (χ2n) is 5.35. The molecule has 0 aliphatic carbocycles. The lowest BCUT2D eigenvalue weighted by Crippen LogP contribution is -2.32. The third-order valence-electron chi connectivity index (χ3n) is 3.42. The first-order valence-electron chi connectivity index (χ1n) is 7.59. The Morgan fingerprint density at radius 2 is 1.96 bits per heavy atom. The van der Waals surface area contributed by atoms with Crippen molar-refractivity contribution in [2.24, 2.45) is 0 Å². The maximum Gasteiger partial charge on any atom is 0.270 e. The van der Waals surface area contributed by atoms with Gasteiger partial charge in [0.15, 0.2) is 0 Å². The van der Waals surface area contributed by atoms with Gasteiger partial charge in [0.05, 0.1) is 7.11 Å². The summed E-state index contributed by atoms with van der Waals surface area (Å²) in [5, 5.41) is 6.01. The number of aromatic nitrogens is 2. The van der Waals surface area contributed by atoms with E-state index in [-0.39, 0.29) is 11.9 Å².